The van der Waals surface area contributed by atoms with Crippen molar-refractivity contribution >= 4 is 11.6 Å². The molecule has 1 heterocycles. The quantitative estimate of drug-likeness (QED) is 0.809. The van der Waals surface area contributed by atoms with Crippen LogP contribution in [-0.2, 0) is 17.1 Å². The van der Waals surface area contributed by atoms with Gasteiger partial charge < -0.3 is 10.1 Å². The van der Waals surface area contributed by atoms with Crippen LogP contribution in [0.2, 0.25) is 0 Å². The standard InChI is InChI=1S/C18H17F2NO2.C2H6/c1-11(22)21-15-9-13-7-8-23-17(13)16(10-15)12-3-5-14(6-4-12)18(2,19)20;1-2/h3-6,9-10H,7-8H2,1-2H3,(H,21,22);1-2H3. The van der Waals surface area contributed by atoms with Gasteiger partial charge in [-0.2, -0.15) is 0 Å². The van der Waals surface area contributed by atoms with Crippen LogP contribution in [0.25, 0.3) is 11.1 Å². The molecule has 0 atom stereocenters. The maximum atomic E-state index is 13.3. The van der Waals surface area contributed by atoms with Gasteiger partial charge in [-0.3, -0.25) is 4.79 Å². The normalized spacial score (nSPS) is 12.6. The van der Waals surface area contributed by atoms with E-state index in [0.717, 1.165) is 35.8 Å². The number of nitrogens with one attached hydrogen (secondary N) is 1. The number of alkyl halides is 2. The minimum absolute atomic E-state index is 0.0307. The second-order valence-corrected chi connectivity index (χ2v) is 5.76. The fourth-order valence-corrected chi connectivity index (χ4v) is 2.74. The van der Waals surface area contributed by atoms with Crippen LogP contribution in [0.15, 0.2) is 36.4 Å². The van der Waals surface area contributed by atoms with Crippen molar-refractivity contribution in [2.75, 3.05) is 11.9 Å². The van der Waals surface area contributed by atoms with E-state index in [4.69, 9.17) is 4.74 Å². The van der Waals surface area contributed by atoms with Crippen molar-refractivity contribution in [3.63, 3.8) is 0 Å². The molecule has 1 aliphatic heterocycles. The van der Waals surface area contributed by atoms with E-state index in [1.54, 1.807) is 12.1 Å². The number of halogens is 2. The highest BCUT2D eigenvalue weighted by molar-refractivity contribution is 5.90. The molecule has 0 saturated carbocycles. The van der Waals surface area contributed by atoms with Crippen molar-refractivity contribution < 1.29 is 18.3 Å². The van der Waals surface area contributed by atoms with Crippen molar-refractivity contribution in [2.45, 2.75) is 40.0 Å². The Balaban J connectivity index is 0.00000109. The van der Waals surface area contributed by atoms with Crippen LogP contribution in [0, 0.1) is 0 Å². The van der Waals surface area contributed by atoms with Crippen LogP contribution in [0.5, 0.6) is 5.75 Å². The van der Waals surface area contributed by atoms with Gasteiger partial charge in [0, 0.05) is 42.6 Å². The third kappa shape index (κ3) is 4.35. The molecule has 2 aromatic carbocycles. The number of amides is 1. The summed E-state index contributed by atoms with van der Waals surface area (Å²) in [5, 5.41) is 2.77. The molecule has 0 radical (unpaired) electrons. The van der Waals surface area contributed by atoms with E-state index in [9.17, 15) is 13.6 Å². The second kappa shape index (κ2) is 7.64. The molecular weight excluding hydrogens is 324 g/mol. The van der Waals surface area contributed by atoms with E-state index in [2.05, 4.69) is 5.32 Å². The summed E-state index contributed by atoms with van der Waals surface area (Å²) < 4.78 is 32.4. The van der Waals surface area contributed by atoms with Crippen molar-refractivity contribution in [3.8, 4) is 16.9 Å². The zero-order valence-corrected chi connectivity index (χ0v) is 15.0. The number of fused-ring (bicyclic) bond motifs is 1. The molecule has 0 aliphatic carbocycles. The van der Waals surface area contributed by atoms with Crippen LogP contribution in [0.1, 0.15) is 38.8 Å². The van der Waals surface area contributed by atoms with Crippen molar-refractivity contribution in [2.24, 2.45) is 0 Å². The molecule has 3 rings (SSSR count). The molecule has 1 aliphatic rings. The van der Waals surface area contributed by atoms with E-state index in [-0.39, 0.29) is 11.5 Å². The summed E-state index contributed by atoms with van der Waals surface area (Å²) in [4.78, 5) is 11.3. The summed E-state index contributed by atoms with van der Waals surface area (Å²) in [5.74, 6) is -2.26. The molecule has 0 unspecified atom stereocenters. The average Bonchev–Trinajstić information content (AvgIpc) is 3.03. The average molecular weight is 347 g/mol. The van der Waals surface area contributed by atoms with E-state index in [1.807, 2.05) is 26.0 Å². The monoisotopic (exact) mass is 347 g/mol. The molecule has 1 N–H and O–H groups in total. The fourth-order valence-electron chi connectivity index (χ4n) is 2.74. The van der Waals surface area contributed by atoms with Gasteiger partial charge >= 0.3 is 0 Å². The van der Waals surface area contributed by atoms with Gasteiger partial charge in [-0.1, -0.05) is 38.1 Å². The smallest absolute Gasteiger partial charge is 0.270 e. The number of rotatable bonds is 3. The lowest BCUT2D eigenvalue weighted by Gasteiger charge is -2.14. The predicted octanol–water partition coefficient (Wildman–Crippen LogP) is 5.38. The number of benzene rings is 2. The molecule has 3 nitrogen and oxygen atoms in total. The molecule has 134 valence electrons. The molecule has 0 fully saturated rings. The summed E-state index contributed by atoms with van der Waals surface area (Å²) >= 11 is 0. The van der Waals surface area contributed by atoms with Gasteiger partial charge in [0.05, 0.1) is 6.61 Å². The number of carbonyl (C=O) groups excluding carboxylic acids is 1. The molecule has 0 bridgehead atoms. The summed E-state index contributed by atoms with van der Waals surface area (Å²) in [5.41, 5.74) is 3.24. The first-order valence-corrected chi connectivity index (χ1v) is 8.40. The number of ether oxygens (including phenoxy) is 1. The van der Waals surface area contributed by atoms with Gasteiger partial charge in [-0.25, -0.2) is 8.78 Å². The lowest BCUT2D eigenvalue weighted by atomic mass is 9.98. The Morgan fingerprint density at radius 2 is 1.80 bits per heavy atom. The van der Waals surface area contributed by atoms with E-state index < -0.39 is 5.92 Å². The summed E-state index contributed by atoms with van der Waals surface area (Å²) in [7, 11) is 0. The largest absolute Gasteiger partial charge is 0.492 e. The molecule has 1 amide bonds. The second-order valence-electron chi connectivity index (χ2n) is 5.76. The Morgan fingerprint density at radius 1 is 1.16 bits per heavy atom. The Hall–Kier alpha value is -2.43. The van der Waals surface area contributed by atoms with E-state index >= 15 is 0 Å². The Labute approximate surface area is 147 Å². The third-order valence-electron chi connectivity index (χ3n) is 3.81. The number of carbonyl (C=O) groups is 1. The van der Waals surface area contributed by atoms with Crippen molar-refractivity contribution in [1.29, 1.82) is 0 Å². The summed E-state index contributed by atoms with van der Waals surface area (Å²) in [6.07, 6.45) is 0.765. The van der Waals surface area contributed by atoms with Gasteiger partial charge in [0.15, 0.2) is 0 Å². The predicted molar refractivity (Wildman–Crippen MR) is 96.3 cm³/mol. The minimum Gasteiger partial charge on any atom is -0.492 e. The summed E-state index contributed by atoms with van der Waals surface area (Å²) in [6.45, 7) is 6.90. The van der Waals surface area contributed by atoms with Crippen molar-refractivity contribution in [1.82, 2.24) is 0 Å². The van der Waals surface area contributed by atoms with Crippen molar-refractivity contribution in [3.05, 3.63) is 47.5 Å². The summed E-state index contributed by atoms with van der Waals surface area (Å²) in [6, 6.07) is 9.85. The fraction of sp³-hybridized carbons (Fsp3) is 0.350. The van der Waals surface area contributed by atoms with Gasteiger partial charge in [0.25, 0.3) is 5.92 Å². The first-order valence-electron chi connectivity index (χ1n) is 8.40. The highest BCUT2D eigenvalue weighted by atomic mass is 19.3. The molecule has 0 saturated heterocycles. The van der Waals surface area contributed by atoms with Gasteiger partial charge in [0.1, 0.15) is 5.75 Å². The maximum Gasteiger partial charge on any atom is 0.270 e. The molecular formula is C20H23F2NO2. The lowest BCUT2D eigenvalue weighted by molar-refractivity contribution is -0.114. The molecule has 2 aromatic rings. The third-order valence-corrected chi connectivity index (χ3v) is 3.81. The number of hydrogen-bond acceptors (Lipinski definition) is 2. The molecule has 25 heavy (non-hydrogen) atoms. The zero-order chi connectivity index (χ0) is 18.6. The highest BCUT2D eigenvalue weighted by Gasteiger charge is 2.24. The van der Waals surface area contributed by atoms with E-state index in [0.29, 0.717) is 12.3 Å². The Kier molecular flexibility index (Phi) is 5.77. The minimum atomic E-state index is -2.87. The first-order chi connectivity index (χ1) is 11.8. The van der Waals surface area contributed by atoms with Crippen LogP contribution in [0.3, 0.4) is 0 Å². The maximum absolute atomic E-state index is 13.3. The Morgan fingerprint density at radius 3 is 2.36 bits per heavy atom. The zero-order valence-electron chi connectivity index (χ0n) is 15.0. The number of anilines is 1. The Bertz CT molecular complexity index is 750. The van der Waals surface area contributed by atoms with Crippen LogP contribution >= 0.6 is 0 Å². The van der Waals surface area contributed by atoms with E-state index in [1.165, 1.54) is 19.1 Å². The topological polar surface area (TPSA) is 38.3 Å². The lowest BCUT2D eigenvalue weighted by Crippen LogP contribution is -2.07. The molecule has 5 heteroatoms. The molecule has 0 aromatic heterocycles. The van der Waals surface area contributed by atoms with Crippen LogP contribution in [0.4, 0.5) is 14.5 Å². The highest BCUT2D eigenvalue weighted by Crippen LogP contribution is 2.40. The van der Waals surface area contributed by atoms with Crippen LogP contribution in [-0.4, -0.2) is 12.5 Å². The van der Waals surface area contributed by atoms with Gasteiger partial charge in [-0.15, -0.1) is 0 Å². The first kappa shape index (κ1) is 18.9. The van der Waals surface area contributed by atoms with Gasteiger partial charge in [-0.05, 0) is 17.7 Å². The number of hydrogen-bond donors (Lipinski definition) is 1. The molecule has 0 spiro atoms. The van der Waals surface area contributed by atoms with Crippen LogP contribution < -0.4 is 10.1 Å². The van der Waals surface area contributed by atoms with Gasteiger partial charge in [0.2, 0.25) is 5.91 Å². The SMILES string of the molecule is CC.CC(=O)Nc1cc2c(c(-c3ccc(C(C)(F)F)cc3)c1)OCC2.